The molecule has 0 saturated carbocycles. The van der Waals surface area contributed by atoms with Crippen molar-refractivity contribution in [1.82, 2.24) is 15.1 Å². The first-order valence-electron chi connectivity index (χ1n) is 9.20. The molecule has 0 spiro atoms. The third-order valence-corrected chi connectivity index (χ3v) is 4.70. The molecule has 2 aromatic carbocycles. The lowest BCUT2D eigenvalue weighted by molar-refractivity contribution is -0.125. The van der Waals surface area contributed by atoms with Crippen LogP contribution in [0.5, 0.6) is 5.75 Å². The number of hydrogen-bond donors (Lipinski definition) is 2. The van der Waals surface area contributed by atoms with Crippen molar-refractivity contribution in [3.63, 3.8) is 0 Å². The quantitative estimate of drug-likeness (QED) is 0.646. The van der Waals surface area contributed by atoms with E-state index >= 15 is 0 Å². The van der Waals surface area contributed by atoms with Crippen LogP contribution in [-0.2, 0) is 4.79 Å². The van der Waals surface area contributed by atoms with E-state index in [1.807, 2.05) is 54.6 Å². The van der Waals surface area contributed by atoms with Gasteiger partial charge in [-0.25, -0.2) is 4.68 Å². The molecule has 3 rings (SSSR count). The molecule has 7 heteroatoms. The summed E-state index contributed by atoms with van der Waals surface area (Å²) in [5.41, 5.74) is 6.92. The molecule has 0 atom stereocenters. The van der Waals surface area contributed by atoms with Gasteiger partial charge in [0.05, 0.1) is 23.8 Å². The maximum Gasteiger partial charge on any atom is 0.255 e. The van der Waals surface area contributed by atoms with Crippen LogP contribution in [0.1, 0.15) is 24.2 Å². The van der Waals surface area contributed by atoms with Gasteiger partial charge >= 0.3 is 0 Å². The van der Waals surface area contributed by atoms with Gasteiger partial charge in [-0.05, 0) is 38.1 Å². The summed E-state index contributed by atoms with van der Waals surface area (Å²) >= 11 is 0. The number of methoxy groups -OCH3 is 1. The number of nitrogens with one attached hydrogen (secondary N) is 1. The molecule has 1 heterocycles. The summed E-state index contributed by atoms with van der Waals surface area (Å²) in [5.74, 6) is -0.220. The average molecular weight is 392 g/mol. The molecular weight excluding hydrogens is 368 g/mol. The van der Waals surface area contributed by atoms with Crippen LogP contribution >= 0.6 is 0 Å². The van der Waals surface area contributed by atoms with E-state index in [1.165, 1.54) is 0 Å². The van der Waals surface area contributed by atoms with Gasteiger partial charge in [-0.3, -0.25) is 9.59 Å². The number of amides is 2. The van der Waals surface area contributed by atoms with E-state index in [0.29, 0.717) is 22.6 Å². The predicted octanol–water partition coefficient (Wildman–Crippen LogP) is 2.79. The van der Waals surface area contributed by atoms with Gasteiger partial charge in [0.25, 0.3) is 5.91 Å². The largest absolute Gasteiger partial charge is 0.496 e. The first-order valence-corrected chi connectivity index (χ1v) is 9.20. The zero-order valence-electron chi connectivity index (χ0n) is 16.7. The van der Waals surface area contributed by atoms with Crippen molar-refractivity contribution in [2.45, 2.75) is 13.8 Å². The zero-order chi connectivity index (χ0) is 21.0. The van der Waals surface area contributed by atoms with Crippen molar-refractivity contribution in [3.05, 3.63) is 66.4 Å². The Kier molecular flexibility index (Phi) is 5.68. The Morgan fingerprint density at radius 3 is 2.41 bits per heavy atom. The van der Waals surface area contributed by atoms with E-state index in [-0.39, 0.29) is 12.5 Å². The molecular formula is C22H24N4O3. The second-order valence-electron chi connectivity index (χ2n) is 7.30. The second-order valence-corrected chi connectivity index (χ2v) is 7.30. The molecule has 0 saturated heterocycles. The van der Waals surface area contributed by atoms with Gasteiger partial charge in [-0.15, -0.1) is 0 Å². The summed E-state index contributed by atoms with van der Waals surface area (Å²) in [6, 6.07) is 16.9. The summed E-state index contributed by atoms with van der Waals surface area (Å²) in [7, 11) is 1.57. The minimum absolute atomic E-state index is 0.114. The molecule has 3 N–H and O–H groups in total. The topological polar surface area (TPSA) is 99.2 Å². The zero-order valence-corrected chi connectivity index (χ0v) is 16.7. The molecule has 1 aromatic heterocycles. The summed E-state index contributed by atoms with van der Waals surface area (Å²) < 4.78 is 7.10. The minimum atomic E-state index is -0.865. The van der Waals surface area contributed by atoms with Gasteiger partial charge in [0.2, 0.25) is 5.91 Å². The average Bonchev–Trinajstić information content (AvgIpc) is 3.18. The number of rotatable bonds is 7. The lowest BCUT2D eigenvalue weighted by atomic mass is 9.92. The molecule has 0 unspecified atom stereocenters. The van der Waals surface area contributed by atoms with Crippen LogP contribution < -0.4 is 15.8 Å². The fourth-order valence-corrected chi connectivity index (χ4v) is 2.78. The molecule has 7 nitrogen and oxygen atoms in total. The summed E-state index contributed by atoms with van der Waals surface area (Å²) in [4.78, 5) is 24.6. The number of aromatic nitrogens is 2. The molecule has 0 fully saturated rings. The molecule has 0 aliphatic rings. The Bertz CT molecular complexity index is 1030. The van der Waals surface area contributed by atoms with Crippen molar-refractivity contribution < 1.29 is 14.3 Å². The van der Waals surface area contributed by atoms with Crippen molar-refractivity contribution in [2.75, 3.05) is 13.7 Å². The van der Waals surface area contributed by atoms with Crippen molar-refractivity contribution >= 4 is 11.8 Å². The number of nitrogens with two attached hydrogens (primary N) is 1. The fraction of sp³-hybridized carbons (Fsp3) is 0.227. The van der Waals surface area contributed by atoms with Gasteiger partial charge in [0.1, 0.15) is 11.4 Å². The van der Waals surface area contributed by atoms with Crippen molar-refractivity contribution in [3.8, 4) is 22.7 Å². The lowest BCUT2D eigenvalue weighted by Gasteiger charge is -2.20. The fourth-order valence-electron chi connectivity index (χ4n) is 2.78. The van der Waals surface area contributed by atoms with E-state index in [4.69, 9.17) is 10.5 Å². The van der Waals surface area contributed by atoms with Crippen LogP contribution in [0.25, 0.3) is 16.9 Å². The van der Waals surface area contributed by atoms with Crippen LogP contribution in [0.3, 0.4) is 0 Å². The van der Waals surface area contributed by atoms with Crippen LogP contribution in [-0.4, -0.2) is 35.2 Å². The first kappa shape index (κ1) is 20.1. The Labute approximate surface area is 169 Å². The summed E-state index contributed by atoms with van der Waals surface area (Å²) in [6.45, 7) is 3.48. The van der Waals surface area contributed by atoms with Crippen LogP contribution in [0.15, 0.2) is 60.8 Å². The van der Waals surface area contributed by atoms with Crippen LogP contribution in [0, 0.1) is 5.41 Å². The number of carbonyl (C=O) groups excluding carboxylic acids is 2. The lowest BCUT2D eigenvalue weighted by Crippen LogP contribution is -2.42. The number of nitrogens with zero attached hydrogens (tertiary/aromatic N) is 2. The Morgan fingerprint density at radius 2 is 1.76 bits per heavy atom. The van der Waals surface area contributed by atoms with Gasteiger partial charge in [-0.2, -0.15) is 5.10 Å². The van der Waals surface area contributed by atoms with E-state index in [9.17, 15) is 9.59 Å². The third-order valence-electron chi connectivity index (χ3n) is 4.70. The molecule has 150 valence electrons. The number of benzene rings is 2. The van der Waals surface area contributed by atoms with E-state index in [0.717, 1.165) is 5.69 Å². The number of hydrogen-bond acceptors (Lipinski definition) is 4. The number of para-hydroxylation sites is 2. The van der Waals surface area contributed by atoms with Crippen molar-refractivity contribution in [2.24, 2.45) is 11.1 Å². The highest BCUT2D eigenvalue weighted by atomic mass is 16.5. The summed E-state index contributed by atoms with van der Waals surface area (Å²) in [6.07, 6.45) is 1.67. The normalized spacial score (nSPS) is 11.1. The molecule has 3 aromatic rings. The highest BCUT2D eigenvalue weighted by Crippen LogP contribution is 2.31. The maximum absolute atomic E-state index is 13.0. The number of carbonyl (C=O) groups is 2. The summed E-state index contributed by atoms with van der Waals surface area (Å²) in [5, 5.41) is 7.44. The van der Waals surface area contributed by atoms with Gasteiger partial charge in [0, 0.05) is 18.3 Å². The SMILES string of the molecule is COc1ccccc1-c1nn(-c2ccccc2)cc1C(=O)NCC(C)(C)C(N)=O. The monoisotopic (exact) mass is 392 g/mol. The van der Waals surface area contributed by atoms with Crippen LogP contribution in [0.2, 0.25) is 0 Å². The smallest absolute Gasteiger partial charge is 0.255 e. The minimum Gasteiger partial charge on any atom is -0.496 e. The van der Waals surface area contributed by atoms with E-state index in [2.05, 4.69) is 10.4 Å². The van der Waals surface area contributed by atoms with Crippen LogP contribution in [0.4, 0.5) is 0 Å². The maximum atomic E-state index is 13.0. The van der Waals surface area contributed by atoms with Gasteiger partial charge < -0.3 is 15.8 Å². The Hall–Kier alpha value is -3.61. The Balaban J connectivity index is 2.04. The van der Waals surface area contributed by atoms with Crippen molar-refractivity contribution in [1.29, 1.82) is 0 Å². The molecule has 0 aliphatic carbocycles. The molecule has 29 heavy (non-hydrogen) atoms. The highest BCUT2D eigenvalue weighted by Gasteiger charge is 2.27. The second kappa shape index (κ2) is 8.18. The third kappa shape index (κ3) is 4.29. The standard InChI is InChI=1S/C22H24N4O3/c1-22(2,21(23)28)14-24-20(27)17-13-26(15-9-5-4-6-10-15)25-19(17)16-11-7-8-12-18(16)29-3/h4-13H,14H2,1-3H3,(H2,23,28)(H,24,27). The molecule has 0 bridgehead atoms. The molecule has 0 radical (unpaired) electrons. The molecule has 0 aliphatic heterocycles. The molecule has 2 amide bonds. The number of primary amides is 1. The predicted molar refractivity (Wildman–Crippen MR) is 111 cm³/mol. The highest BCUT2D eigenvalue weighted by molar-refractivity contribution is 6.00. The van der Waals surface area contributed by atoms with E-state index in [1.54, 1.807) is 31.8 Å². The van der Waals surface area contributed by atoms with Gasteiger partial charge in [0.15, 0.2) is 0 Å². The number of ether oxygens (including phenoxy) is 1. The van der Waals surface area contributed by atoms with Gasteiger partial charge in [-0.1, -0.05) is 30.3 Å². The van der Waals surface area contributed by atoms with E-state index < -0.39 is 11.3 Å². The first-order chi connectivity index (χ1) is 13.8. The Morgan fingerprint density at radius 1 is 1.10 bits per heavy atom.